The van der Waals surface area contributed by atoms with Gasteiger partial charge in [-0.05, 0) is 32.3 Å². The fourth-order valence-electron chi connectivity index (χ4n) is 1.67. The van der Waals surface area contributed by atoms with Gasteiger partial charge in [0.1, 0.15) is 17.3 Å². The molecule has 0 aliphatic heterocycles. The number of nitrogens with zero attached hydrogens (tertiary/aromatic N) is 4. The Morgan fingerprint density at radius 1 is 1.56 bits per heavy atom. The van der Waals surface area contributed by atoms with E-state index < -0.39 is 0 Å². The molecule has 0 spiro atoms. The maximum atomic E-state index is 6.10. The van der Waals surface area contributed by atoms with Crippen molar-refractivity contribution in [1.29, 1.82) is 0 Å². The molecular formula is C11H16ClN5S. The van der Waals surface area contributed by atoms with Crippen LogP contribution in [-0.4, -0.2) is 37.6 Å². The van der Waals surface area contributed by atoms with E-state index in [0.29, 0.717) is 17.0 Å². The molecule has 5 nitrogen and oxygen atoms in total. The first-order chi connectivity index (χ1) is 8.63. The molecule has 0 saturated heterocycles. The minimum Gasteiger partial charge on any atom is -0.367 e. The second-order valence-corrected chi connectivity index (χ2v) is 5.52. The van der Waals surface area contributed by atoms with Crippen LogP contribution in [0.1, 0.15) is 18.9 Å². The number of thioether (sulfide) groups is 1. The molecule has 0 radical (unpaired) electrons. The third-order valence-corrected chi connectivity index (χ3v) is 3.75. The van der Waals surface area contributed by atoms with Crippen LogP contribution in [0.4, 0.5) is 5.82 Å². The topological polar surface area (TPSA) is 55.1 Å². The molecule has 1 N–H and O–H groups in total. The summed E-state index contributed by atoms with van der Waals surface area (Å²) in [6.07, 6.45) is 4.67. The Hall–Kier alpha value is -1.01. The van der Waals surface area contributed by atoms with Crippen LogP contribution in [0.2, 0.25) is 5.15 Å². The molecule has 0 saturated carbocycles. The zero-order valence-corrected chi connectivity index (χ0v) is 12.2. The molecule has 0 bridgehead atoms. The highest BCUT2D eigenvalue weighted by molar-refractivity contribution is 7.98. The van der Waals surface area contributed by atoms with Crippen LogP contribution in [0.25, 0.3) is 5.78 Å². The molecule has 2 aromatic heterocycles. The van der Waals surface area contributed by atoms with Gasteiger partial charge in [0.05, 0.1) is 0 Å². The Kier molecular flexibility index (Phi) is 4.29. The van der Waals surface area contributed by atoms with Crippen LogP contribution in [0.15, 0.2) is 6.33 Å². The molecule has 7 heteroatoms. The average molecular weight is 286 g/mol. The van der Waals surface area contributed by atoms with E-state index in [1.807, 2.05) is 18.7 Å². The van der Waals surface area contributed by atoms with Gasteiger partial charge in [-0.15, -0.1) is 0 Å². The van der Waals surface area contributed by atoms with Crippen molar-refractivity contribution < 1.29 is 0 Å². The van der Waals surface area contributed by atoms with Crippen LogP contribution in [0.3, 0.4) is 0 Å². The van der Waals surface area contributed by atoms with E-state index in [2.05, 4.69) is 33.6 Å². The minimum atomic E-state index is 0.349. The quantitative estimate of drug-likeness (QED) is 0.856. The van der Waals surface area contributed by atoms with E-state index in [-0.39, 0.29) is 0 Å². The van der Waals surface area contributed by atoms with Crippen molar-refractivity contribution in [3.05, 3.63) is 17.0 Å². The van der Waals surface area contributed by atoms with Gasteiger partial charge in [-0.1, -0.05) is 11.6 Å². The van der Waals surface area contributed by atoms with Crippen LogP contribution in [0.5, 0.6) is 0 Å². The Morgan fingerprint density at radius 2 is 2.33 bits per heavy atom. The largest absolute Gasteiger partial charge is 0.367 e. The predicted octanol–water partition coefficient (Wildman–Crippen LogP) is 2.64. The fraction of sp³-hybridized carbons (Fsp3) is 0.545. The summed E-state index contributed by atoms with van der Waals surface area (Å²) in [5.41, 5.74) is 0.894. The van der Waals surface area contributed by atoms with Crippen molar-refractivity contribution in [3.8, 4) is 0 Å². The smallest absolute Gasteiger partial charge is 0.255 e. The van der Waals surface area contributed by atoms with E-state index in [1.165, 1.54) is 6.33 Å². The van der Waals surface area contributed by atoms with Crippen molar-refractivity contribution in [2.75, 3.05) is 17.3 Å². The lowest BCUT2D eigenvalue weighted by atomic mass is 10.2. The minimum absolute atomic E-state index is 0.349. The fourth-order valence-corrected chi connectivity index (χ4v) is 2.42. The summed E-state index contributed by atoms with van der Waals surface area (Å²) in [5, 5.41) is 8.08. The number of anilines is 1. The molecule has 1 unspecified atom stereocenters. The van der Waals surface area contributed by atoms with Gasteiger partial charge in [0.25, 0.3) is 5.78 Å². The third-order valence-electron chi connectivity index (χ3n) is 2.74. The molecular weight excluding hydrogens is 270 g/mol. The molecule has 0 aliphatic carbocycles. The Morgan fingerprint density at radius 3 is 3.06 bits per heavy atom. The lowest BCUT2D eigenvalue weighted by Crippen LogP contribution is -2.19. The van der Waals surface area contributed by atoms with E-state index in [1.54, 1.807) is 4.52 Å². The van der Waals surface area contributed by atoms with Gasteiger partial charge in [-0.25, -0.2) is 0 Å². The summed E-state index contributed by atoms with van der Waals surface area (Å²) in [7, 11) is 0. The molecule has 2 rings (SSSR count). The van der Waals surface area contributed by atoms with Crippen molar-refractivity contribution >= 4 is 35.0 Å². The van der Waals surface area contributed by atoms with Gasteiger partial charge in [-0.2, -0.15) is 31.3 Å². The standard InChI is InChI=1S/C11H16ClN5S/c1-7(4-5-18-3)15-10-8(2)9(12)16-11-13-6-14-17(10)11/h6-7,15H,4-5H2,1-3H3. The van der Waals surface area contributed by atoms with Gasteiger partial charge in [0.15, 0.2) is 0 Å². The lowest BCUT2D eigenvalue weighted by Gasteiger charge is -2.17. The van der Waals surface area contributed by atoms with Gasteiger partial charge in [-0.3, -0.25) is 0 Å². The summed E-state index contributed by atoms with van der Waals surface area (Å²) in [6.45, 7) is 4.08. The molecule has 2 heterocycles. The lowest BCUT2D eigenvalue weighted by molar-refractivity contribution is 0.753. The first kappa shape index (κ1) is 13.4. The average Bonchev–Trinajstić information content (AvgIpc) is 2.80. The van der Waals surface area contributed by atoms with Crippen LogP contribution in [-0.2, 0) is 0 Å². The zero-order valence-electron chi connectivity index (χ0n) is 10.6. The van der Waals surface area contributed by atoms with Crippen molar-refractivity contribution in [2.45, 2.75) is 26.3 Å². The van der Waals surface area contributed by atoms with Crippen LogP contribution in [0, 0.1) is 6.92 Å². The zero-order chi connectivity index (χ0) is 13.1. The Bertz CT molecular complexity index is 541. The van der Waals surface area contributed by atoms with E-state index >= 15 is 0 Å². The summed E-state index contributed by atoms with van der Waals surface area (Å²) in [5.74, 6) is 2.51. The van der Waals surface area contributed by atoms with Crippen LogP contribution >= 0.6 is 23.4 Å². The SMILES string of the molecule is CSCCC(C)Nc1c(C)c(Cl)nc2ncnn12. The van der Waals surface area contributed by atoms with E-state index in [9.17, 15) is 0 Å². The van der Waals surface area contributed by atoms with Gasteiger partial charge >= 0.3 is 0 Å². The first-order valence-electron chi connectivity index (χ1n) is 5.74. The second-order valence-electron chi connectivity index (χ2n) is 4.17. The normalized spacial score (nSPS) is 12.9. The predicted molar refractivity (Wildman–Crippen MR) is 76.6 cm³/mol. The van der Waals surface area contributed by atoms with Gasteiger partial charge < -0.3 is 5.32 Å². The number of fused-ring (bicyclic) bond motifs is 1. The number of aromatic nitrogens is 4. The highest BCUT2D eigenvalue weighted by Crippen LogP contribution is 2.23. The molecule has 0 aromatic carbocycles. The molecule has 2 aromatic rings. The molecule has 1 atom stereocenters. The van der Waals surface area contributed by atoms with Crippen molar-refractivity contribution in [3.63, 3.8) is 0 Å². The summed E-state index contributed by atoms with van der Waals surface area (Å²) < 4.78 is 1.69. The third kappa shape index (κ3) is 2.70. The number of hydrogen-bond acceptors (Lipinski definition) is 5. The van der Waals surface area contributed by atoms with Gasteiger partial charge in [0, 0.05) is 11.6 Å². The summed E-state index contributed by atoms with van der Waals surface area (Å²) in [4.78, 5) is 8.24. The Labute approximate surface area is 115 Å². The maximum absolute atomic E-state index is 6.10. The van der Waals surface area contributed by atoms with E-state index in [0.717, 1.165) is 23.6 Å². The number of halogens is 1. The highest BCUT2D eigenvalue weighted by atomic mass is 35.5. The van der Waals surface area contributed by atoms with Crippen molar-refractivity contribution in [2.24, 2.45) is 0 Å². The van der Waals surface area contributed by atoms with Gasteiger partial charge in [0.2, 0.25) is 0 Å². The number of nitrogens with one attached hydrogen (secondary N) is 1. The highest BCUT2D eigenvalue weighted by Gasteiger charge is 2.13. The first-order valence-corrected chi connectivity index (χ1v) is 7.52. The molecule has 0 fully saturated rings. The van der Waals surface area contributed by atoms with E-state index in [4.69, 9.17) is 11.6 Å². The van der Waals surface area contributed by atoms with Crippen molar-refractivity contribution in [1.82, 2.24) is 19.6 Å². The molecule has 0 aliphatic rings. The molecule has 98 valence electrons. The molecule has 0 amide bonds. The summed E-state index contributed by atoms with van der Waals surface area (Å²) >= 11 is 7.94. The second kappa shape index (κ2) is 5.75. The summed E-state index contributed by atoms with van der Waals surface area (Å²) in [6, 6.07) is 0.349. The Balaban J connectivity index is 2.31. The number of hydrogen-bond donors (Lipinski definition) is 1. The molecule has 18 heavy (non-hydrogen) atoms. The number of rotatable bonds is 5. The maximum Gasteiger partial charge on any atom is 0.255 e. The van der Waals surface area contributed by atoms with Crippen LogP contribution < -0.4 is 5.32 Å². The monoisotopic (exact) mass is 285 g/mol.